The highest BCUT2D eigenvalue weighted by atomic mass is 19.4. The van der Waals surface area contributed by atoms with Crippen LogP contribution < -0.4 is 15.0 Å². The molecule has 0 bridgehead atoms. The number of rotatable bonds is 7. The average molecular weight is 506 g/mol. The Morgan fingerprint density at radius 2 is 1.67 bits per heavy atom. The zero-order valence-electron chi connectivity index (χ0n) is 20.8. The summed E-state index contributed by atoms with van der Waals surface area (Å²) in [4.78, 5) is 16.8. The van der Waals surface area contributed by atoms with Crippen molar-refractivity contribution in [3.05, 3.63) is 53.6 Å². The van der Waals surface area contributed by atoms with E-state index in [-0.39, 0.29) is 30.4 Å². The molecule has 36 heavy (non-hydrogen) atoms. The Morgan fingerprint density at radius 3 is 2.28 bits per heavy atom. The van der Waals surface area contributed by atoms with Gasteiger partial charge in [0.05, 0.1) is 18.8 Å². The predicted molar refractivity (Wildman–Crippen MR) is 134 cm³/mol. The molecule has 0 atom stereocenters. The van der Waals surface area contributed by atoms with Crippen molar-refractivity contribution in [3.63, 3.8) is 0 Å². The van der Waals surface area contributed by atoms with E-state index in [1.54, 1.807) is 6.07 Å². The van der Waals surface area contributed by atoms with Gasteiger partial charge in [0.1, 0.15) is 12.4 Å². The van der Waals surface area contributed by atoms with E-state index in [0.29, 0.717) is 18.8 Å². The van der Waals surface area contributed by atoms with Crippen LogP contribution in [0.25, 0.3) is 0 Å². The number of nitrogens with one attached hydrogen (secondary N) is 1. The van der Waals surface area contributed by atoms with E-state index in [9.17, 15) is 18.0 Å². The number of piperazine rings is 1. The number of carbonyl (C=O) groups excluding carboxylic acids is 1. The number of alkyl halides is 3. The topological polar surface area (TPSA) is 54.0 Å². The fourth-order valence-electron chi connectivity index (χ4n) is 4.88. The number of ether oxygens (including phenoxy) is 2. The van der Waals surface area contributed by atoms with Gasteiger partial charge >= 0.3 is 6.18 Å². The quantitative estimate of drug-likeness (QED) is 0.567. The molecule has 0 spiro atoms. The molecule has 0 unspecified atom stereocenters. The zero-order valence-corrected chi connectivity index (χ0v) is 20.8. The van der Waals surface area contributed by atoms with Crippen molar-refractivity contribution in [2.45, 2.75) is 50.9 Å². The van der Waals surface area contributed by atoms with Crippen LogP contribution in [0.15, 0.2) is 42.5 Å². The first-order chi connectivity index (χ1) is 17.2. The van der Waals surface area contributed by atoms with E-state index in [0.717, 1.165) is 44.8 Å². The SMILES string of the molecule is COc1ccc(NC2CCC(OCC(=O)N3CCN(c4ccc(C)cc4)CC3)CC2)cc1C(F)(F)F. The van der Waals surface area contributed by atoms with Crippen molar-refractivity contribution in [1.29, 1.82) is 0 Å². The van der Waals surface area contributed by atoms with Crippen LogP contribution in [0, 0.1) is 6.92 Å². The van der Waals surface area contributed by atoms with Gasteiger partial charge in [-0.25, -0.2) is 0 Å². The molecule has 0 radical (unpaired) electrons. The number of nitrogens with zero attached hydrogens (tertiary/aromatic N) is 2. The van der Waals surface area contributed by atoms with Crippen LogP contribution in [0.4, 0.5) is 24.5 Å². The molecule has 1 saturated heterocycles. The van der Waals surface area contributed by atoms with Gasteiger partial charge in [-0.2, -0.15) is 13.2 Å². The van der Waals surface area contributed by atoms with E-state index in [1.807, 2.05) is 4.90 Å². The molecule has 1 aliphatic heterocycles. The van der Waals surface area contributed by atoms with Gasteiger partial charge in [0, 0.05) is 43.6 Å². The van der Waals surface area contributed by atoms with Gasteiger partial charge < -0.3 is 24.6 Å². The van der Waals surface area contributed by atoms with Crippen molar-refractivity contribution < 1.29 is 27.4 Å². The van der Waals surface area contributed by atoms with Gasteiger partial charge in [-0.3, -0.25) is 4.79 Å². The molecule has 2 fully saturated rings. The van der Waals surface area contributed by atoms with Crippen LogP contribution in [0.2, 0.25) is 0 Å². The summed E-state index contributed by atoms with van der Waals surface area (Å²) in [5.74, 6) is -0.178. The molecule has 0 aromatic heterocycles. The molecule has 2 aromatic carbocycles. The second-order valence-corrected chi connectivity index (χ2v) is 9.55. The summed E-state index contributed by atoms with van der Waals surface area (Å²) in [6.07, 6.45) is -1.44. The number of hydrogen-bond acceptors (Lipinski definition) is 5. The number of carbonyl (C=O) groups is 1. The third-order valence-corrected chi connectivity index (χ3v) is 7.02. The summed E-state index contributed by atoms with van der Waals surface area (Å²) < 4.78 is 50.6. The first kappa shape index (κ1) is 26.1. The van der Waals surface area contributed by atoms with Crippen LogP contribution in [0.5, 0.6) is 5.75 Å². The number of methoxy groups -OCH3 is 1. The lowest BCUT2D eigenvalue weighted by atomic mass is 9.92. The average Bonchev–Trinajstić information content (AvgIpc) is 2.88. The minimum absolute atomic E-state index is 0.0108. The number of halogens is 3. The normalized spacial score (nSPS) is 20.8. The van der Waals surface area contributed by atoms with Gasteiger partial charge in [0.15, 0.2) is 0 Å². The Balaban J connectivity index is 1.18. The van der Waals surface area contributed by atoms with Crippen LogP contribution >= 0.6 is 0 Å². The van der Waals surface area contributed by atoms with Gasteiger partial charge in [0.25, 0.3) is 0 Å². The lowest BCUT2D eigenvalue weighted by molar-refractivity contribution is -0.139. The van der Waals surface area contributed by atoms with Crippen LogP contribution in [0.3, 0.4) is 0 Å². The molecule has 2 aliphatic rings. The summed E-state index contributed by atoms with van der Waals surface area (Å²) in [6, 6.07) is 12.5. The molecule has 1 amide bonds. The predicted octanol–water partition coefficient (Wildman–Crippen LogP) is 5.11. The van der Waals surface area contributed by atoms with Crippen molar-refractivity contribution in [2.75, 3.05) is 50.1 Å². The summed E-state index contributed by atoms with van der Waals surface area (Å²) in [5, 5.41) is 3.21. The number of anilines is 2. The minimum Gasteiger partial charge on any atom is -0.496 e. The Bertz CT molecular complexity index is 1010. The summed E-state index contributed by atoms with van der Waals surface area (Å²) in [6.45, 7) is 5.08. The van der Waals surface area contributed by atoms with Crippen LogP contribution in [0.1, 0.15) is 36.8 Å². The third kappa shape index (κ3) is 6.63. The first-order valence-electron chi connectivity index (χ1n) is 12.5. The molecule has 1 N–H and O–H groups in total. The highest BCUT2D eigenvalue weighted by Gasteiger charge is 2.35. The van der Waals surface area contributed by atoms with Gasteiger partial charge in [-0.05, 0) is 62.9 Å². The molecule has 9 heteroatoms. The second kappa shape index (κ2) is 11.4. The van der Waals surface area contributed by atoms with Crippen molar-refractivity contribution in [1.82, 2.24) is 4.90 Å². The van der Waals surface area contributed by atoms with Crippen LogP contribution in [-0.4, -0.2) is 62.8 Å². The number of aryl methyl sites for hydroxylation is 1. The van der Waals surface area contributed by atoms with Crippen molar-refractivity contribution in [3.8, 4) is 5.75 Å². The minimum atomic E-state index is -4.48. The van der Waals surface area contributed by atoms with Gasteiger partial charge in [-0.15, -0.1) is 0 Å². The fraction of sp³-hybridized carbons (Fsp3) is 0.519. The fourth-order valence-corrected chi connectivity index (χ4v) is 4.88. The highest BCUT2D eigenvalue weighted by Crippen LogP contribution is 2.38. The molecule has 1 aliphatic carbocycles. The van der Waals surface area contributed by atoms with Gasteiger partial charge in [-0.1, -0.05) is 17.7 Å². The summed E-state index contributed by atoms with van der Waals surface area (Å²) in [5.41, 5.74) is 2.04. The summed E-state index contributed by atoms with van der Waals surface area (Å²) in [7, 11) is 1.23. The maximum absolute atomic E-state index is 13.3. The molecular formula is C27H34F3N3O3. The van der Waals surface area contributed by atoms with E-state index >= 15 is 0 Å². The Hall–Kier alpha value is -2.94. The van der Waals surface area contributed by atoms with E-state index in [4.69, 9.17) is 9.47 Å². The molecule has 1 heterocycles. The molecular weight excluding hydrogens is 471 g/mol. The van der Waals surface area contributed by atoms with Crippen molar-refractivity contribution >= 4 is 17.3 Å². The molecule has 2 aromatic rings. The van der Waals surface area contributed by atoms with E-state index in [1.165, 1.54) is 24.4 Å². The largest absolute Gasteiger partial charge is 0.496 e. The maximum atomic E-state index is 13.3. The maximum Gasteiger partial charge on any atom is 0.420 e. The van der Waals surface area contributed by atoms with E-state index < -0.39 is 11.7 Å². The van der Waals surface area contributed by atoms with E-state index in [2.05, 4.69) is 41.4 Å². The monoisotopic (exact) mass is 505 g/mol. The van der Waals surface area contributed by atoms with Gasteiger partial charge in [0.2, 0.25) is 5.91 Å². The molecule has 196 valence electrons. The lowest BCUT2D eigenvalue weighted by Gasteiger charge is -2.36. The number of benzene rings is 2. The molecule has 6 nitrogen and oxygen atoms in total. The van der Waals surface area contributed by atoms with Crippen LogP contribution in [-0.2, 0) is 15.7 Å². The lowest BCUT2D eigenvalue weighted by Crippen LogP contribution is -2.50. The number of amides is 1. The second-order valence-electron chi connectivity index (χ2n) is 9.55. The van der Waals surface area contributed by atoms with Crippen molar-refractivity contribution in [2.24, 2.45) is 0 Å². The highest BCUT2D eigenvalue weighted by molar-refractivity contribution is 5.77. The Kier molecular flexibility index (Phi) is 8.28. The zero-order chi connectivity index (χ0) is 25.7. The summed E-state index contributed by atoms with van der Waals surface area (Å²) >= 11 is 0. The smallest absolute Gasteiger partial charge is 0.420 e. The first-order valence-corrected chi connectivity index (χ1v) is 12.5. The Morgan fingerprint density at radius 1 is 1.00 bits per heavy atom. The molecule has 1 saturated carbocycles. The third-order valence-electron chi connectivity index (χ3n) is 7.02. The number of hydrogen-bond donors (Lipinski definition) is 1. The molecule has 4 rings (SSSR count). The standard InChI is InChI=1S/C27H34F3N3O3/c1-19-3-8-22(9-4-19)32-13-15-33(16-14-32)26(34)18-36-23-10-5-20(6-11-23)31-21-7-12-25(35-2)24(17-21)27(28,29)30/h3-4,7-9,12,17,20,23,31H,5-6,10-11,13-16,18H2,1-2H3. The Labute approximate surface area is 210 Å².